The van der Waals surface area contributed by atoms with E-state index in [1.165, 1.54) is 30.6 Å². The van der Waals surface area contributed by atoms with Crippen molar-refractivity contribution in [1.82, 2.24) is 4.98 Å². The average Bonchev–Trinajstić information content (AvgIpc) is 3.02. The third-order valence-electron chi connectivity index (χ3n) is 3.78. The summed E-state index contributed by atoms with van der Waals surface area (Å²) < 4.78 is 0.452. The lowest BCUT2D eigenvalue weighted by atomic mass is 10.2. The summed E-state index contributed by atoms with van der Waals surface area (Å²) in [7, 11) is 0. The number of carbonyl (C=O) groups excluding carboxylic acids is 1. The molecule has 0 unspecified atom stereocenters. The van der Waals surface area contributed by atoms with Crippen molar-refractivity contribution < 1.29 is 4.79 Å². The largest absolute Gasteiger partial charge is 0.352 e. The summed E-state index contributed by atoms with van der Waals surface area (Å²) in [6, 6.07) is 11.5. The van der Waals surface area contributed by atoms with Gasteiger partial charge >= 0.3 is 0 Å². The van der Waals surface area contributed by atoms with E-state index in [2.05, 4.69) is 22.4 Å². The van der Waals surface area contributed by atoms with Crippen molar-refractivity contribution in [3.05, 3.63) is 52.8 Å². The Morgan fingerprint density at radius 2 is 1.91 bits per heavy atom. The van der Waals surface area contributed by atoms with Gasteiger partial charge in [0.15, 0.2) is 0 Å². The number of rotatable bonds is 4. The Morgan fingerprint density at radius 3 is 2.59 bits per heavy atom. The van der Waals surface area contributed by atoms with Crippen LogP contribution in [0.1, 0.15) is 36.0 Å². The molecule has 1 aromatic heterocycles. The number of anilines is 1. The summed E-state index contributed by atoms with van der Waals surface area (Å²) in [5.41, 5.74) is 1.28. The molecule has 1 aromatic carbocycles. The third kappa shape index (κ3) is 3.78. The van der Waals surface area contributed by atoms with Crippen molar-refractivity contribution in [3.63, 3.8) is 0 Å². The van der Waals surface area contributed by atoms with Gasteiger partial charge in [0.1, 0.15) is 4.64 Å². The molecule has 3 rings (SSSR count). The second-order valence-electron chi connectivity index (χ2n) is 5.42. The molecule has 22 heavy (non-hydrogen) atoms. The number of pyridine rings is 1. The van der Waals surface area contributed by atoms with Crippen LogP contribution in [0.3, 0.4) is 0 Å². The van der Waals surface area contributed by atoms with Gasteiger partial charge < -0.3 is 10.3 Å². The van der Waals surface area contributed by atoms with Gasteiger partial charge in [-0.2, -0.15) is 0 Å². The Hall–Kier alpha value is -1.59. The Labute approximate surface area is 139 Å². The van der Waals surface area contributed by atoms with Crippen molar-refractivity contribution in [2.75, 3.05) is 5.32 Å². The summed E-state index contributed by atoms with van der Waals surface area (Å²) >= 11 is 7.07. The number of nitrogens with one attached hydrogen (secondary N) is 2. The first-order chi connectivity index (χ1) is 10.7. The molecule has 0 aliphatic heterocycles. The molecule has 2 N–H and O–H groups in total. The zero-order chi connectivity index (χ0) is 15.4. The van der Waals surface area contributed by atoms with Crippen LogP contribution in [0, 0.1) is 4.64 Å². The van der Waals surface area contributed by atoms with Crippen LogP contribution in [0.4, 0.5) is 5.69 Å². The lowest BCUT2D eigenvalue weighted by molar-refractivity contribution is 0.102. The minimum atomic E-state index is -0.182. The number of hydrogen-bond donors (Lipinski definition) is 2. The van der Waals surface area contributed by atoms with Crippen molar-refractivity contribution in [2.45, 2.75) is 35.8 Å². The van der Waals surface area contributed by atoms with Crippen LogP contribution in [0.25, 0.3) is 0 Å². The molecule has 3 nitrogen and oxygen atoms in total. The van der Waals surface area contributed by atoms with E-state index < -0.39 is 0 Å². The van der Waals surface area contributed by atoms with Gasteiger partial charge in [0.2, 0.25) is 0 Å². The van der Waals surface area contributed by atoms with E-state index in [-0.39, 0.29) is 5.91 Å². The van der Waals surface area contributed by atoms with Crippen molar-refractivity contribution in [2.24, 2.45) is 0 Å². The number of aromatic nitrogens is 1. The zero-order valence-electron chi connectivity index (χ0n) is 12.2. The number of benzene rings is 1. The van der Waals surface area contributed by atoms with Crippen LogP contribution < -0.4 is 5.32 Å². The van der Waals surface area contributed by atoms with Crippen molar-refractivity contribution >= 4 is 35.6 Å². The minimum absolute atomic E-state index is 0.182. The van der Waals surface area contributed by atoms with Gasteiger partial charge in [0, 0.05) is 22.0 Å². The van der Waals surface area contributed by atoms with Crippen molar-refractivity contribution in [1.29, 1.82) is 0 Å². The molecule has 1 saturated carbocycles. The summed E-state index contributed by atoms with van der Waals surface area (Å²) in [5.74, 6) is -0.182. The second-order valence-corrected chi connectivity index (χ2v) is 7.20. The maximum Gasteiger partial charge on any atom is 0.258 e. The van der Waals surface area contributed by atoms with Gasteiger partial charge in [-0.05, 0) is 49.2 Å². The normalized spacial score (nSPS) is 14.9. The first kappa shape index (κ1) is 15.3. The van der Waals surface area contributed by atoms with Crippen LogP contribution in [0.2, 0.25) is 0 Å². The molecule has 1 heterocycles. The first-order valence-corrected chi connectivity index (χ1v) is 8.77. The molecule has 1 fully saturated rings. The predicted molar refractivity (Wildman–Crippen MR) is 94.1 cm³/mol. The van der Waals surface area contributed by atoms with E-state index in [9.17, 15) is 4.79 Å². The van der Waals surface area contributed by atoms with Gasteiger partial charge in [-0.1, -0.05) is 25.1 Å². The Bertz CT molecular complexity index is 703. The summed E-state index contributed by atoms with van der Waals surface area (Å²) in [6.45, 7) is 0. The molecular formula is C17H18N2OS2. The minimum Gasteiger partial charge on any atom is -0.352 e. The molecule has 1 amide bonds. The number of carbonyl (C=O) groups is 1. The first-order valence-electron chi connectivity index (χ1n) is 7.48. The zero-order valence-corrected chi connectivity index (χ0v) is 13.8. The fourth-order valence-corrected chi connectivity index (χ4v) is 4.09. The van der Waals surface area contributed by atoms with E-state index in [1.807, 2.05) is 23.9 Å². The highest BCUT2D eigenvalue weighted by atomic mass is 32.2. The molecule has 1 aliphatic rings. The van der Waals surface area contributed by atoms with E-state index >= 15 is 0 Å². The molecule has 0 bridgehead atoms. The third-order valence-corrected chi connectivity index (χ3v) is 5.47. The Morgan fingerprint density at radius 1 is 1.18 bits per heavy atom. The van der Waals surface area contributed by atoms with Crippen LogP contribution in [-0.2, 0) is 0 Å². The predicted octanol–water partition coefficient (Wildman–Crippen LogP) is 5.03. The lowest BCUT2D eigenvalue weighted by Crippen LogP contribution is -2.12. The van der Waals surface area contributed by atoms with E-state index in [0.717, 1.165) is 10.9 Å². The average molecular weight is 330 g/mol. The fourth-order valence-electron chi connectivity index (χ4n) is 2.61. The summed E-state index contributed by atoms with van der Waals surface area (Å²) in [6.07, 6.45) is 7.05. The molecule has 0 spiro atoms. The van der Waals surface area contributed by atoms with Gasteiger partial charge in [-0.15, -0.1) is 11.8 Å². The van der Waals surface area contributed by atoms with E-state index in [4.69, 9.17) is 12.2 Å². The van der Waals surface area contributed by atoms with Gasteiger partial charge in [-0.3, -0.25) is 4.79 Å². The monoisotopic (exact) mass is 330 g/mol. The highest BCUT2D eigenvalue weighted by Crippen LogP contribution is 2.34. The number of thioether (sulfide) groups is 1. The van der Waals surface area contributed by atoms with Crippen LogP contribution in [0.5, 0.6) is 0 Å². The van der Waals surface area contributed by atoms with Crippen LogP contribution >= 0.6 is 24.0 Å². The molecular weight excluding hydrogens is 312 g/mol. The standard InChI is InChI=1S/C17H18N2OS2/c20-16(15-6-3-11-18-17(15)21)19-12-7-9-14(10-8-12)22-13-4-1-2-5-13/h3,6-11,13H,1-2,4-5H2,(H,18,21)(H,19,20). The summed E-state index contributed by atoms with van der Waals surface area (Å²) in [5, 5.41) is 3.64. The molecule has 0 atom stereocenters. The number of H-pyrrole nitrogens is 1. The smallest absolute Gasteiger partial charge is 0.258 e. The highest BCUT2D eigenvalue weighted by molar-refractivity contribution is 8.00. The topological polar surface area (TPSA) is 44.9 Å². The lowest BCUT2D eigenvalue weighted by Gasteiger charge is -2.10. The van der Waals surface area contributed by atoms with Crippen LogP contribution in [0.15, 0.2) is 47.5 Å². The highest BCUT2D eigenvalue weighted by Gasteiger charge is 2.16. The number of amides is 1. The van der Waals surface area contributed by atoms with Crippen LogP contribution in [-0.4, -0.2) is 16.1 Å². The summed E-state index contributed by atoms with van der Waals surface area (Å²) in [4.78, 5) is 16.3. The molecule has 2 aromatic rings. The number of aromatic amines is 1. The quantitative estimate of drug-likeness (QED) is 0.773. The van der Waals surface area contributed by atoms with Gasteiger partial charge in [0.05, 0.1) is 5.56 Å². The Kier molecular flexibility index (Phi) is 4.95. The molecule has 5 heteroatoms. The SMILES string of the molecule is O=C(Nc1ccc(SC2CCCC2)cc1)c1ccc[nH]c1=S. The second kappa shape index (κ2) is 7.11. The maximum atomic E-state index is 12.2. The Balaban J connectivity index is 1.64. The molecule has 1 aliphatic carbocycles. The molecule has 114 valence electrons. The fraction of sp³-hybridized carbons (Fsp3) is 0.294. The van der Waals surface area contributed by atoms with Gasteiger partial charge in [0.25, 0.3) is 5.91 Å². The van der Waals surface area contributed by atoms with Crippen molar-refractivity contribution in [3.8, 4) is 0 Å². The molecule has 0 saturated heterocycles. The molecule has 0 radical (unpaired) electrons. The number of hydrogen-bond acceptors (Lipinski definition) is 3. The maximum absolute atomic E-state index is 12.2. The van der Waals surface area contributed by atoms with Gasteiger partial charge in [-0.25, -0.2) is 0 Å². The van der Waals surface area contributed by atoms with E-state index in [1.54, 1.807) is 18.3 Å². The van der Waals surface area contributed by atoms with E-state index in [0.29, 0.717) is 10.2 Å².